The fourth-order valence-corrected chi connectivity index (χ4v) is 3.75. The van der Waals surface area contributed by atoms with Crippen molar-refractivity contribution in [2.45, 2.75) is 25.2 Å². The van der Waals surface area contributed by atoms with Crippen LogP contribution in [0.25, 0.3) is 6.08 Å². The quantitative estimate of drug-likeness (QED) is 0.763. The fourth-order valence-electron chi connectivity index (χ4n) is 3.14. The SMILES string of the molecule is COc1ccc(C2CCCCN(C(=O)/C=C/c3cccs3)C2)cc1. The predicted octanol–water partition coefficient (Wildman–Crippen LogP) is 4.57. The van der Waals surface area contributed by atoms with Gasteiger partial charge in [-0.1, -0.05) is 24.6 Å². The lowest BCUT2D eigenvalue weighted by molar-refractivity contribution is -0.126. The number of rotatable bonds is 4. The molecule has 0 spiro atoms. The van der Waals surface area contributed by atoms with Gasteiger partial charge in [-0.2, -0.15) is 0 Å². The van der Waals surface area contributed by atoms with Gasteiger partial charge in [0, 0.05) is 30.0 Å². The second-order valence-electron chi connectivity index (χ2n) is 6.10. The number of ether oxygens (including phenoxy) is 1. The highest BCUT2D eigenvalue weighted by Crippen LogP contribution is 2.28. The summed E-state index contributed by atoms with van der Waals surface area (Å²) in [5.41, 5.74) is 1.29. The highest BCUT2D eigenvalue weighted by molar-refractivity contribution is 7.10. The Labute approximate surface area is 147 Å². The summed E-state index contributed by atoms with van der Waals surface area (Å²) in [5.74, 6) is 1.39. The number of carbonyl (C=O) groups is 1. The zero-order chi connectivity index (χ0) is 16.8. The van der Waals surface area contributed by atoms with E-state index in [-0.39, 0.29) is 5.91 Å². The van der Waals surface area contributed by atoms with Crippen LogP contribution in [0.3, 0.4) is 0 Å². The molecule has 2 aromatic rings. The van der Waals surface area contributed by atoms with Gasteiger partial charge in [-0.15, -0.1) is 11.3 Å². The van der Waals surface area contributed by atoms with Crippen molar-refractivity contribution in [3.05, 3.63) is 58.3 Å². The van der Waals surface area contributed by atoms with E-state index in [2.05, 4.69) is 12.1 Å². The molecule has 0 N–H and O–H groups in total. The molecule has 1 aromatic carbocycles. The molecule has 126 valence electrons. The van der Waals surface area contributed by atoms with Crippen LogP contribution in [-0.4, -0.2) is 31.0 Å². The number of likely N-dealkylation sites (tertiary alicyclic amines) is 1. The third-order valence-electron chi connectivity index (χ3n) is 4.50. The molecule has 24 heavy (non-hydrogen) atoms. The average Bonchev–Trinajstić information content (AvgIpc) is 3.02. The molecular weight excluding hydrogens is 318 g/mol. The first kappa shape index (κ1) is 16.8. The minimum Gasteiger partial charge on any atom is -0.497 e. The van der Waals surface area contributed by atoms with Crippen LogP contribution in [0.2, 0.25) is 0 Å². The first-order valence-corrected chi connectivity index (χ1v) is 9.28. The summed E-state index contributed by atoms with van der Waals surface area (Å²) in [6.45, 7) is 1.64. The number of methoxy groups -OCH3 is 1. The van der Waals surface area contributed by atoms with Gasteiger partial charge in [-0.3, -0.25) is 4.79 Å². The van der Waals surface area contributed by atoms with E-state index in [4.69, 9.17) is 4.74 Å². The number of amides is 1. The maximum absolute atomic E-state index is 12.5. The van der Waals surface area contributed by atoms with Crippen molar-refractivity contribution >= 4 is 23.3 Å². The number of nitrogens with zero attached hydrogens (tertiary/aromatic N) is 1. The van der Waals surface area contributed by atoms with Crippen LogP contribution in [-0.2, 0) is 4.79 Å². The Kier molecular flexibility index (Phi) is 5.70. The third kappa shape index (κ3) is 4.26. The Bertz CT molecular complexity index is 676. The summed E-state index contributed by atoms with van der Waals surface area (Å²) >= 11 is 1.65. The number of carbonyl (C=O) groups excluding carboxylic acids is 1. The molecule has 1 fully saturated rings. The molecule has 1 aromatic heterocycles. The van der Waals surface area contributed by atoms with E-state index in [1.807, 2.05) is 40.6 Å². The van der Waals surface area contributed by atoms with Crippen LogP contribution in [0.1, 0.15) is 35.6 Å². The van der Waals surface area contributed by atoms with Crippen molar-refractivity contribution in [2.24, 2.45) is 0 Å². The van der Waals surface area contributed by atoms with Crippen LogP contribution in [0.5, 0.6) is 5.75 Å². The topological polar surface area (TPSA) is 29.5 Å². The molecule has 1 atom stereocenters. The zero-order valence-corrected chi connectivity index (χ0v) is 14.8. The lowest BCUT2D eigenvalue weighted by Crippen LogP contribution is -2.32. The van der Waals surface area contributed by atoms with Gasteiger partial charge in [0.2, 0.25) is 5.91 Å². The van der Waals surface area contributed by atoms with Crippen LogP contribution >= 0.6 is 11.3 Å². The minimum atomic E-state index is 0.115. The normalized spacial score (nSPS) is 18.5. The maximum atomic E-state index is 12.5. The van der Waals surface area contributed by atoms with Gasteiger partial charge in [0.05, 0.1) is 7.11 Å². The summed E-state index contributed by atoms with van der Waals surface area (Å²) < 4.78 is 5.24. The molecule has 0 radical (unpaired) electrons. The van der Waals surface area contributed by atoms with Crippen LogP contribution in [0.4, 0.5) is 0 Å². The summed E-state index contributed by atoms with van der Waals surface area (Å²) in [5, 5.41) is 2.02. The van der Waals surface area contributed by atoms with Gasteiger partial charge in [0.25, 0.3) is 0 Å². The van der Waals surface area contributed by atoms with E-state index in [9.17, 15) is 4.79 Å². The highest BCUT2D eigenvalue weighted by Gasteiger charge is 2.22. The summed E-state index contributed by atoms with van der Waals surface area (Å²) in [7, 11) is 1.68. The number of hydrogen-bond acceptors (Lipinski definition) is 3. The molecule has 3 nitrogen and oxygen atoms in total. The van der Waals surface area contributed by atoms with Crippen LogP contribution < -0.4 is 4.74 Å². The Hall–Kier alpha value is -2.07. The highest BCUT2D eigenvalue weighted by atomic mass is 32.1. The Morgan fingerprint density at radius 2 is 2.08 bits per heavy atom. The van der Waals surface area contributed by atoms with Crippen LogP contribution in [0.15, 0.2) is 47.9 Å². The molecular formula is C20H23NO2S. The smallest absolute Gasteiger partial charge is 0.246 e. The van der Waals surface area contributed by atoms with Crippen molar-refractivity contribution in [3.63, 3.8) is 0 Å². The van der Waals surface area contributed by atoms with Gasteiger partial charge in [0.15, 0.2) is 0 Å². The molecule has 1 unspecified atom stereocenters. The van der Waals surface area contributed by atoms with Crippen molar-refractivity contribution in [1.29, 1.82) is 0 Å². The minimum absolute atomic E-state index is 0.115. The molecule has 0 aliphatic carbocycles. The molecule has 2 heterocycles. The van der Waals surface area contributed by atoms with Crippen molar-refractivity contribution in [2.75, 3.05) is 20.2 Å². The lowest BCUT2D eigenvalue weighted by Gasteiger charge is -2.24. The second kappa shape index (κ2) is 8.15. The van der Waals surface area contributed by atoms with Crippen molar-refractivity contribution in [1.82, 2.24) is 4.90 Å². The second-order valence-corrected chi connectivity index (χ2v) is 7.08. The van der Waals surface area contributed by atoms with E-state index in [0.29, 0.717) is 5.92 Å². The summed E-state index contributed by atoms with van der Waals surface area (Å²) in [6, 6.07) is 12.3. The fraction of sp³-hybridized carbons (Fsp3) is 0.350. The van der Waals surface area contributed by atoms with E-state index >= 15 is 0 Å². The van der Waals surface area contributed by atoms with Gasteiger partial charge < -0.3 is 9.64 Å². The first-order valence-electron chi connectivity index (χ1n) is 8.40. The molecule has 1 saturated heterocycles. The monoisotopic (exact) mass is 341 g/mol. The average molecular weight is 341 g/mol. The molecule has 4 heteroatoms. The Balaban J connectivity index is 1.68. The number of benzene rings is 1. The van der Waals surface area contributed by atoms with E-state index < -0.39 is 0 Å². The molecule has 0 saturated carbocycles. The molecule has 0 bridgehead atoms. The molecule has 3 rings (SSSR count). The molecule has 1 aliphatic rings. The largest absolute Gasteiger partial charge is 0.497 e. The van der Waals surface area contributed by atoms with Gasteiger partial charge in [-0.05, 0) is 48.1 Å². The first-order chi connectivity index (χ1) is 11.8. The molecule has 1 amide bonds. The number of hydrogen-bond donors (Lipinski definition) is 0. The third-order valence-corrected chi connectivity index (χ3v) is 5.34. The lowest BCUT2D eigenvalue weighted by atomic mass is 9.94. The van der Waals surface area contributed by atoms with E-state index in [1.165, 1.54) is 5.56 Å². The number of thiophene rings is 1. The van der Waals surface area contributed by atoms with Crippen molar-refractivity contribution in [3.8, 4) is 5.75 Å². The summed E-state index contributed by atoms with van der Waals surface area (Å²) in [6.07, 6.45) is 6.99. The predicted molar refractivity (Wildman–Crippen MR) is 99.5 cm³/mol. The maximum Gasteiger partial charge on any atom is 0.246 e. The van der Waals surface area contributed by atoms with Gasteiger partial charge in [-0.25, -0.2) is 0 Å². The van der Waals surface area contributed by atoms with Gasteiger partial charge >= 0.3 is 0 Å². The standard InChI is InChI=1S/C20H23NO2S/c1-23-18-9-7-16(8-10-18)17-5-2-3-13-21(15-17)20(22)12-11-19-6-4-14-24-19/h4,6-12,14,17H,2-3,5,13,15H2,1H3/b12-11+. The summed E-state index contributed by atoms with van der Waals surface area (Å²) in [4.78, 5) is 15.7. The molecule has 1 aliphatic heterocycles. The van der Waals surface area contributed by atoms with E-state index in [0.717, 1.165) is 43.0 Å². The zero-order valence-electron chi connectivity index (χ0n) is 14.0. The van der Waals surface area contributed by atoms with Gasteiger partial charge in [0.1, 0.15) is 5.75 Å². The van der Waals surface area contributed by atoms with Crippen LogP contribution in [0, 0.1) is 0 Å². The van der Waals surface area contributed by atoms with Crippen molar-refractivity contribution < 1.29 is 9.53 Å². The van der Waals surface area contributed by atoms with E-state index in [1.54, 1.807) is 24.5 Å². The Morgan fingerprint density at radius 3 is 2.79 bits per heavy atom. The Morgan fingerprint density at radius 1 is 1.25 bits per heavy atom.